The molecule has 0 saturated carbocycles. The number of nitrogens with zero attached hydrogens (tertiary/aromatic N) is 4. The standard InChI is InChI=1S/C14H14N6O3S/c1-7-9-11(24-13(7)20-16-5-6-17-20)18-14(23)19(12(9)22)8-3-2-4-15-10(8)21/h5-6,8H,2-4H2,1H3,(H,15,21)(H,18,23). The highest BCUT2D eigenvalue weighted by Gasteiger charge is 2.28. The highest BCUT2D eigenvalue weighted by molar-refractivity contribution is 7.21. The number of hydrogen-bond donors (Lipinski definition) is 2. The summed E-state index contributed by atoms with van der Waals surface area (Å²) in [6, 6.07) is -0.773. The van der Waals surface area contributed by atoms with E-state index in [4.69, 9.17) is 0 Å². The molecule has 3 aromatic heterocycles. The van der Waals surface area contributed by atoms with Gasteiger partial charge in [-0.15, -0.1) is 4.80 Å². The molecule has 10 heteroatoms. The predicted octanol–water partition coefficient (Wildman–Crippen LogP) is 0.0915. The molecule has 1 fully saturated rings. The van der Waals surface area contributed by atoms with Crippen molar-refractivity contribution in [2.45, 2.75) is 25.8 Å². The van der Waals surface area contributed by atoms with E-state index in [-0.39, 0.29) is 5.91 Å². The minimum Gasteiger partial charge on any atom is -0.354 e. The Morgan fingerprint density at radius 2 is 2.00 bits per heavy atom. The zero-order valence-corrected chi connectivity index (χ0v) is 13.6. The Morgan fingerprint density at radius 3 is 2.71 bits per heavy atom. The maximum absolute atomic E-state index is 12.9. The molecule has 0 aromatic carbocycles. The second-order valence-electron chi connectivity index (χ2n) is 5.61. The van der Waals surface area contributed by atoms with Crippen LogP contribution in [-0.2, 0) is 4.79 Å². The number of aromatic nitrogens is 5. The molecule has 0 spiro atoms. The molecule has 4 heterocycles. The van der Waals surface area contributed by atoms with E-state index >= 15 is 0 Å². The normalized spacial score (nSPS) is 18.0. The van der Waals surface area contributed by atoms with E-state index in [9.17, 15) is 14.4 Å². The fourth-order valence-electron chi connectivity index (χ4n) is 3.01. The van der Waals surface area contributed by atoms with Crippen LogP contribution in [0.25, 0.3) is 15.2 Å². The monoisotopic (exact) mass is 346 g/mol. The molecule has 1 aliphatic rings. The summed E-state index contributed by atoms with van der Waals surface area (Å²) >= 11 is 1.23. The number of H-pyrrole nitrogens is 1. The molecule has 3 aromatic rings. The number of thiophene rings is 1. The molecular weight excluding hydrogens is 332 g/mol. The van der Waals surface area contributed by atoms with E-state index in [1.807, 2.05) is 0 Å². The summed E-state index contributed by atoms with van der Waals surface area (Å²) in [5, 5.41) is 11.9. The number of aromatic amines is 1. The van der Waals surface area contributed by atoms with Crippen molar-refractivity contribution < 1.29 is 4.79 Å². The lowest BCUT2D eigenvalue weighted by Crippen LogP contribution is -2.47. The number of fused-ring (bicyclic) bond motifs is 1. The van der Waals surface area contributed by atoms with Crippen LogP contribution in [0, 0.1) is 6.92 Å². The first-order chi connectivity index (χ1) is 11.6. The Labute approximate surface area is 138 Å². The molecule has 124 valence electrons. The van der Waals surface area contributed by atoms with Gasteiger partial charge in [-0.1, -0.05) is 11.3 Å². The molecule has 0 radical (unpaired) electrons. The Bertz CT molecular complexity index is 1050. The quantitative estimate of drug-likeness (QED) is 0.682. The van der Waals surface area contributed by atoms with Gasteiger partial charge in [0.2, 0.25) is 5.91 Å². The fourth-order valence-corrected chi connectivity index (χ4v) is 4.12. The Hall–Kier alpha value is -2.75. The van der Waals surface area contributed by atoms with E-state index in [0.29, 0.717) is 33.7 Å². The van der Waals surface area contributed by atoms with Crippen LogP contribution in [0.4, 0.5) is 0 Å². The number of amides is 1. The Balaban J connectivity index is 1.97. The van der Waals surface area contributed by atoms with Crippen LogP contribution in [0.3, 0.4) is 0 Å². The van der Waals surface area contributed by atoms with Crippen LogP contribution in [-0.4, -0.2) is 37.0 Å². The van der Waals surface area contributed by atoms with Gasteiger partial charge < -0.3 is 5.32 Å². The number of hydrogen-bond acceptors (Lipinski definition) is 6. The van der Waals surface area contributed by atoms with Crippen LogP contribution in [0.2, 0.25) is 0 Å². The molecule has 1 aliphatic heterocycles. The number of aryl methyl sites for hydroxylation is 1. The highest BCUT2D eigenvalue weighted by Crippen LogP contribution is 2.29. The zero-order valence-electron chi connectivity index (χ0n) is 12.8. The summed E-state index contributed by atoms with van der Waals surface area (Å²) in [4.78, 5) is 42.0. The third kappa shape index (κ3) is 2.10. The first-order valence-electron chi connectivity index (χ1n) is 7.50. The molecule has 1 saturated heterocycles. The molecule has 0 bridgehead atoms. The number of piperidine rings is 1. The van der Waals surface area contributed by atoms with Crippen LogP contribution in [0.15, 0.2) is 22.0 Å². The van der Waals surface area contributed by atoms with E-state index in [1.54, 1.807) is 6.92 Å². The molecule has 9 nitrogen and oxygen atoms in total. The van der Waals surface area contributed by atoms with Crippen LogP contribution in [0.5, 0.6) is 0 Å². The second kappa shape index (κ2) is 5.41. The van der Waals surface area contributed by atoms with Gasteiger partial charge in [0.1, 0.15) is 15.9 Å². The van der Waals surface area contributed by atoms with Crippen LogP contribution in [0.1, 0.15) is 24.4 Å². The summed E-state index contributed by atoms with van der Waals surface area (Å²) in [5.74, 6) is -0.296. The number of carbonyl (C=O) groups is 1. The van der Waals surface area contributed by atoms with Gasteiger partial charge in [-0.25, -0.2) is 9.36 Å². The summed E-state index contributed by atoms with van der Waals surface area (Å²) in [7, 11) is 0. The molecule has 1 atom stereocenters. The Kier molecular flexibility index (Phi) is 3.34. The lowest BCUT2D eigenvalue weighted by molar-refractivity contribution is -0.126. The first-order valence-corrected chi connectivity index (χ1v) is 8.32. The second-order valence-corrected chi connectivity index (χ2v) is 6.61. The van der Waals surface area contributed by atoms with Gasteiger partial charge in [0.05, 0.1) is 17.8 Å². The molecule has 1 amide bonds. The summed E-state index contributed by atoms with van der Waals surface area (Å²) in [6.07, 6.45) is 4.27. The summed E-state index contributed by atoms with van der Waals surface area (Å²) in [5.41, 5.74) is -0.351. The first kappa shape index (κ1) is 14.8. The number of rotatable bonds is 2. The number of nitrogens with one attached hydrogen (secondary N) is 2. The largest absolute Gasteiger partial charge is 0.354 e. The SMILES string of the molecule is Cc1c(-n2nccn2)sc2[nH]c(=O)n(C3CCCNC3=O)c(=O)c12. The van der Waals surface area contributed by atoms with Crippen LogP contribution < -0.4 is 16.6 Å². The van der Waals surface area contributed by atoms with E-state index < -0.39 is 17.3 Å². The smallest absolute Gasteiger partial charge is 0.330 e. The number of carbonyl (C=O) groups excluding carboxylic acids is 1. The predicted molar refractivity (Wildman–Crippen MR) is 87.6 cm³/mol. The molecule has 24 heavy (non-hydrogen) atoms. The summed E-state index contributed by atoms with van der Waals surface area (Å²) < 4.78 is 1.02. The van der Waals surface area contributed by atoms with Crippen molar-refractivity contribution in [3.63, 3.8) is 0 Å². The van der Waals surface area contributed by atoms with Gasteiger partial charge in [0.15, 0.2) is 0 Å². The highest BCUT2D eigenvalue weighted by atomic mass is 32.1. The Morgan fingerprint density at radius 1 is 1.25 bits per heavy atom. The van der Waals surface area contributed by atoms with Gasteiger partial charge in [-0.05, 0) is 19.8 Å². The van der Waals surface area contributed by atoms with Gasteiger partial charge in [0.25, 0.3) is 5.56 Å². The maximum Gasteiger partial charge on any atom is 0.330 e. The van der Waals surface area contributed by atoms with Gasteiger partial charge in [-0.3, -0.25) is 14.6 Å². The minimum atomic E-state index is -0.773. The molecule has 4 rings (SSSR count). The van der Waals surface area contributed by atoms with Crippen molar-refractivity contribution in [1.82, 2.24) is 29.9 Å². The average molecular weight is 346 g/mol. The van der Waals surface area contributed by atoms with Crippen molar-refractivity contribution in [3.05, 3.63) is 38.8 Å². The van der Waals surface area contributed by atoms with E-state index in [0.717, 1.165) is 11.0 Å². The molecule has 2 N–H and O–H groups in total. The van der Waals surface area contributed by atoms with Crippen LogP contribution >= 0.6 is 11.3 Å². The third-order valence-electron chi connectivity index (χ3n) is 4.16. The van der Waals surface area contributed by atoms with E-state index in [2.05, 4.69) is 20.5 Å². The lowest BCUT2D eigenvalue weighted by Gasteiger charge is -2.22. The van der Waals surface area contributed by atoms with Crippen molar-refractivity contribution >= 4 is 27.5 Å². The van der Waals surface area contributed by atoms with Gasteiger partial charge in [0, 0.05) is 12.1 Å². The van der Waals surface area contributed by atoms with Crippen molar-refractivity contribution in [3.8, 4) is 5.00 Å². The lowest BCUT2D eigenvalue weighted by atomic mass is 10.1. The van der Waals surface area contributed by atoms with Crippen molar-refractivity contribution in [1.29, 1.82) is 0 Å². The minimum absolute atomic E-state index is 0.296. The van der Waals surface area contributed by atoms with Gasteiger partial charge >= 0.3 is 5.69 Å². The van der Waals surface area contributed by atoms with Crippen molar-refractivity contribution in [2.24, 2.45) is 0 Å². The van der Waals surface area contributed by atoms with E-state index in [1.165, 1.54) is 28.5 Å². The maximum atomic E-state index is 12.9. The van der Waals surface area contributed by atoms with Gasteiger partial charge in [-0.2, -0.15) is 10.2 Å². The molecule has 1 unspecified atom stereocenters. The topological polar surface area (TPSA) is 115 Å². The fraction of sp³-hybridized carbons (Fsp3) is 0.357. The molecular formula is C14H14N6O3S. The average Bonchev–Trinajstić information content (AvgIpc) is 3.17. The third-order valence-corrected chi connectivity index (χ3v) is 5.33. The molecule has 0 aliphatic carbocycles. The zero-order chi connectivity index (χ0) is 16.8. The summed E-state index contributed by atoms with van der Waals surface area (Å²) in [6.45, 7) is 2.35. The van der Waals surface area contributed by atoms with Crippen molar-refractivity contribution in [2.75, 3.05) is 6.54 Å².